The molecule has 7 nitrogen and oxygen atoms in total. The van der Waals surface area contributed by atoms with E-state index in [9.17, 15) is 0 Å². The maximum atomic E-state index is 5.84. The maximum absolute atomic E-state index is 5.84. The number of hydrogen-bond donors (Lipinski definition) is 3. The molecule has 152 valence electrons. The first-order valence-corrected chi connectivity index (χ1v) is 9.70. The van der Waals surface area contributed by atoms with Crippen LogP contribution in [0.15, 0.2) is 0 Å². The van der Waals surface area contributed by atoms with Crippen molar-refractivity contribution in [1.82, 2.24) is 4.90 Å². The number of rotatable bonds is 18. The highest BCUT2D eigenvalue weighted by Gasteiger charge is 2.17. The molecule has 0 fully saturated rings. The van der Waals surface area contributed by atoms with Gasteiger partial charge in [0.05, 0.1) is 18.3 Å². The Morgan fingerprint density at radius 3 is 1.12 bits per heavy atom. The highest BCUT2D eigenvalue weighted by Crippen LogP contribution is 2.06. The molecule has 25 heavy (non-hydrogen) atoms. The molecule has 0 aliphatic carbocycles. The Kier molecular flexibility index (Phi) is 17.0. The van der Waals surface area contributed by atoms with E-state index < -0.39 is 0 Å². The van der Waals surface area contributed by atoms with Crippen molar-refractivity contribution < 1.29 is 14.2 Å². The smallest absolute Gasteiger partial charge is 0.0673 e. The van der Waals surface area contributed by atoms with Crippen molar-refractivity contribution in [3.63, 3.8) is 0 Å². The lowest BCUT2D eigenvalue weighted by Gasteiger charge is -2.30. The van der Waals surface area contributed by atoms with Crippen LogP contribution in [0.5, 0.6) is 0 Å². The second kappa shape index (κ2) is 17.1. The molecule has 0 spiro atoms. The quantitative estimate of drug-likeness (QED) is 0.306. The summed E-state index contributed by atoms with van der Waals surface area (Å²) in [5.41, 5.74) is 16.6. The molecule has 0 aromatic carbocycles. The van der Waals surface area contributed by atoms with E-state index in [2.05, 4.69) is 25.7 Å². The first-order chi connectivity index (χ1) is 12.0. The number of nitrogens with zero attached hydrogens (tertiary/aromatic N) is 1. The molecule has 0 bridgehead atoms. The predicted octanol–water partition coefficient (Wildman–Crippen LogP) is 0.550. The summed E-state index contributed by atoms with van der Waals surface area (Å²) in [5, 5.41) is 0. The average Bonchev–Trinajstić information content (AvgIpc) is 2.55. The molecule has 0 heterocycles. The molecule has 7 heteroatoms. The summed E-state index contributed by atoms with van der Waals surface area (Å²) in [7, 11) is 0. The Bertz CT molecular complexity index is 242. The summed E-state index contributed by atoms with van der Waals surface area (Å²) in [6.07, 6.45) is 3.13. The SMILES string of the molecule is CC(CN(CC(C)OCCCN)CC(C)OCCCN)OCCCN. The van der Waals surface area contributed by atoms with Gasteiger partial charge in [-0.3, -0.25) is 4.90 Å². The minimum absolute atomic E-state index is 0.152. The molecule has 0 rings (SSSR count). The van der Waals surface area contributed by atoms with Crippen LogP contribution >= 0.6 is 0 Å². The van der Waals surface area contributed by atoms with E-state index >= 15 is 0 Å². The van der Waals surface area contributed by atoms with E-state index in [4.69, 9.17) is 31.4 Å². The van der Waals surface area contributed by atoms with Gasteiger partial charge in [-0.25, -0.2) is 0 Å². The van der Waals surface area contributed by atoms with Crippen molar-refractivity contribution in [3.8, 4) is 0 Å². The first kappa shape index (κ1) is 24.7. The maximum Gasteiger partial charge on any atom is 0.0673 e. The van der Waals surface area contributed by atoms with Crippen molar-refractivity contribution >= 4 is 0 Å². The molecule has 0 aliphatic heterocycles. The Balaban J connectivity index is 4.37. The summed E-state index contributed by atoms with van der Waals surface area (Å²) in [5.74, 6) is 0. The highest BCUT2D eigenvalue weighted by atomic mass is 16.5. The van der Waals surface area contributed by atoms with Crippen LogP contribution < -0.4 is 17.2 Å². The van der Waals surface area contributed by atoms with Crippen LogP contribution in [-0.4, -0.2) is 82.3 Å². The molecule has 0 saturated carbocycles. The number of hydrogen-bond acceptors (Lipinski definition) is 7. The van der Waals surface area contributed by atoms with Gasteiger partial charge in [-0.15, -0.1) is 0 Å². The van der Waals surface area contributed by atoms with Gasteiger partial charge in [-0.05, 0) is 59.7 Å². The van der Waals surface area contributed by atoms with Crippen LogP contribution in [-0.2, 0) is 14.2 Å². The van der Waals surface area contributed by atoms with Crippen molar-refractivity contribution in [2.75, 3.05) is 59.1 Å². The van der Waals surface area contributed by atoms with Gasteiger partial charge in [0.1, 0.15) is 0 Å². The summed E-state index contributed by atoms with van der Waals surface area (Å²) in [6, 6.07) is 0. The second-order valence-corrected chi connectivity index (χ2v) is 6.69. The lowest BCUT2D eigenvalue weighted by Crippen LogP contribution is -2.42. The minimum atomic E-state index is 0.152. The third kappa shape index (κ3) is 15.7. The average molecular weight is 363 g/mol. The van der Waals surface area contributed by atoms with E-state index in [0.29, 0.717) is 39.5 Å². The van der Waals surface area contributed by atoms with Crippen molar-refractivity contribution in [2.45, 2.75) is 58.3 Å². The minimum Gasteiger partial charge on any atom is -0.377 e. The molecule has 0 aromatic rings. The second-order valence-electron chi connectivity index (χ2n) is 6.69. The number of ether oxygens (including phenoxy) is 3. The summed E-state index contributed by atoms with van der Waals surface area (Å²) < 4.78 is 17.5. The van der Waals surface area contributed by atoms with Crippen LogP contribution in [0.2, 0.25) is 0 Å². The lowest BCUT2D eigenvalue weighted by atomic mass is 10.2. The monoisotopic (exact) mass is 362 g/mol. The molecule has 0 aromatic heterocycles. The van der Waals surface area contributed by atoms with Gasteiger partial charge >= 0.3 is 0 Å². The molecule has 0 amide bonds. The van der Waals surface area contributed by atoms with Gasteiger partial charge in [-0.2, -0.15) is 0 Å². The topological polar surface area (TPSA) is 109 Å². The van der Waals surface area contributed by atoms with Crippen LogP contribution in [0.25, 0.3) is 0 Å². The van der Waals surface area contributed by atoms with Crippen molar-refractivity contribution in [2.24, 2.45) is 17.2 Å². The largest absolute Gasteiger partial charge is 0.377 e. The van der Waals surface area contributed by atoms with Gasteiger partial charge in [0.25, 0.3) is 0 Å². The van der Waals surface area contributed by atoms with Gasteiger partial charge in [-0.1, -0.05) is 0 Å². The predicted molar refractivity (Wildman–Crippen MR) is 104 cm³/mol. The summed E-state index contributed by atoms with van der Waals surface area (Å²) >= 11 is 0. The Labute approximate surface area is 154 Å². The van der Waals surface area contributed by atoms with E-state index in [1.807, 2.05) is 0 Å². The van der Waals surface area contributed by atoms with E-state index in [1.54, 1.807) is 0 Å². The summed E-state index contributed by atoms with van der Waals surface area (Å²) in [6.45, 7) is 12.9. The first-order valence-electron chi connectivity index (χ1n) is 9.70. The molecule has 3 atom stereocenters. The Morgan fingerprint density at radius 1 is 0.600 bits per heavy atom. The fourth-order valence-electron chi connectivity index (χ4n) is 2.58. The standard InChI is InChI=1S/C18H42N4O3/c1-16(23-10-4-7-19)13-22(14-17(2)24-11-5-8-20)15-18(3)25-12-6-9-21/h16-18H,4-15,19-21H2,1-3H3. The van der Waals surface area contributed by atoms with Gasteiger partial charge < -0.3 is 31.4 Å². The molecule has 0 radical (unpaired) electrons. The van der Waals surface area contributed by atoms with E-state index in [0.717, 1.165) is 38.9 Å². The van der Waals surface area contributed by atoms with Crippen LogP contribution in [0.1, 0.15) is 40.0 Å². The van der Waals surface area contributed by atoms with Crippen LogP contribution in [0.4, 0.5) is 0 Å². The normalized spacial score (nSPS) is 15.5. The third-order valence-electron chi connectivity index (χ3n) is 3.80. The van der Waals surface area contributed by atoms with E-state index in [-0.39, 0.29) is 18.3 Å². The van der Waals surface area contributed by atoms with Crippen molar-refractivity contribution in [3.05, 3.63) is 0 Å². The lowest BCUT2D eigenvalue weighted by molar-refractivity contribution is -0.0190. The van der Waals surface area contributed by atoms with Crippen molar-refractivity contribution in [1.29, 1.82) is 0 Å². The zero-order chi connectivity index (χ0) is 18.9. The Morgan fingerprint density at radius 2 is 0.880 bits per heavy atom. The highest BCUT2D eigenvalue weighted by molar-refractivity contribution is 4.70. The van der Waals surface area contributed by atoms with Gasteiger partial charge in [0, 0.05) is 39.5 Å². The zero-order valence-corrected chi connectivity index (χ0v) is 16.6. The zero-order valence-electron chi connectivity index (χ0n) is 16.6. The third-order valence-corrected chi connectivity index (χ3v) is 3.80. The summed E-state index contributed by atoms with van der Waals surface area (Å²) in [4.78, 5) is 2.35. The Hall–Kier alpha value is -0.280. The fraction of sp³-hybridized carbons (Fsp3) is 1.00. The molecule has 0 aliphatic rings. The number of nitrogens with two attached hydrogens (primary N) is 3. The molecular formula is C18H42N4O3. The molecule has 3 unspecified atom stereocenters. The molecule has 6 N–H and O–H groups in total. The fourth-order valence-corrected chi connectivity index (χ4v) is 2.58. The van der Waals surface area contributed by atoms with Gasteiger partial charge in [0.2, 0.25) is 0 Å². The van der Waals surface area contributed by atoms with E-state index in [1.165, 1.54) is 0 Å². The van der Waals surface area contributed by atoms with Crippen LogP contribution in [0, 0.1) is 0 Å². The molecular weight excluding hydrogens is 320 g/mol. The van der Waals surface area contributed by atoms with Gasteiger partial charge in [0.15, 0.2) is 0 Å². The molecule has 0 saturated heterocycles. The van der Waals surface area contributed by atoms with Crippen LogP contribution in [0.3, 0.4) is 0 Å².